The van der Waals surface area contributed by atoms with Crippen LogP contribution >= 0.6 is 11.8 Å². The van der Waals surface area contributed by atoms with Crippen molar-refractivity contribution in [1.82, 2.24) is 5.32 Å². The Labute approximate surface area is 116 Å². The lowest BCUT2D eigenvalue weighted by Gasteiger charge is -2.30. The largest absolute Gasteiger partial charge is 0.315 e. The zero-order valence-electron chi connectivity index (χ0n) is 12.0. The SMILES string of the molecule is CC(C)C(C)(C)CNCC1Cc2ccccc2S1. The molecule has 0 amide bonds. The Kier molecular flexibility index (Phi) is 4.39. The van der Waals surface area contributed by atoms with E-state index in [1.807, 2.05) is 11.8 Å². The van der Waals surface area contributed by atoms with Crippen LogP contribution in [-0.4, -0.2) is 18.3 Å². The molecule has 0 radical (unpaired) electrons. The van der Waals surface area contributed by atoms with Crippen molar-refractivity contribution in [3.05, 3.63) is 29.8 Å². The van der Waals surface area contributed by atoms with Crippen molar-refractivity contribution in [3.8, 4) is 0 Å². The summed E-state index contributed by atoms with van der Waals surface area (Å²) in [6.45, 7) is 11.5. The number of rotatable bonds is 5. The Hall–Kier alpha value is -0.470. The molecule has 1 unspecified atom stereocenters. The number of benzene rings is 1. The van der Waals surface area contributed by atoms with E-state index in [0.29, 0.717) is 10.7 Å². The summed E-state index contributed by atoms with van der Waals surface area (Å²) in [6, 6.07) is 8.80. The standard InChI is InChI=1S/C16H25NS/c1-12(2)16(3,4)11-17-10-14-9-13-7-5-6-8-15(13)18-14/h5-8,12,14,17H,9-11H2,1-4H3. The highest BCUT2D eigenvalue weighted by atomic mass is 32.2. The molecule has 2 heteroatoms. The van der Waals surface area contributed by atoms with E-state index in [1.165, 1.54) is 16.9 Å². The molecule has 0 aromatic heterocycles. The normalized spacial score (nSPS) is 19.3. The Balaban J connectivity index is 1.78. The van der Waals surface area contributed by atoms with Crippen molar-refractivity contribution in [2.45, 2.75) is 44.3 Å². The third-order valence-corrected chi connectivity index (χ3v) is 5.55. The van der Waals surface area contributed by atoms with Crippen LogP contribution in [0.1, 0.15) is 33.3 Å². The minimum absolute atomic E-state index is 0.385. The molecule has 1 aromatic rings. The summed E-state index contributed by atoms with van der Waals surface area (Å²) in [7, 11) is 0. The van der Waals surface area contributed by atoms with Gasteiger partial charge in [0, 0.05) is 23.2 Å². The van der Waals surface area contributed by atoms with Gasteiger partial charge in [0.15, 0.2) is 0 Å². The summed E-state index contributed by atoms with van der Waals surface area (Å²) in [4.78, 5) is 1.48. The average molecular weight is 263 g/mol. The van der Waals surface area contributed by atoms with Gasteiger partial charge >= 0.3 is 0 Å². The van der Waals surface area contributed by atoms with Crippen LogP contribution in [0.2, 0.25) is 0 Å². The second kappa shape index (κ2) is 5.66. The molecule has 0 bridgehead atoms. The van der Waals surface area contributed by atoms with Gasteiger partial charge in [0.1, 0.15) is 0 Å². The smallest absolute Gasteiger partial charge is 0.0260 e. The Morgan fingerprint density at radius 1 is 1.33 bits per heavy atom. The van der Waals surface area contributed by atoms with E-state index >= 15 is 0 Å². The molecule has 1 aliphatic rings. The lowest BCUT2D eigenvalue weighted by atomic mass is 9.81. The molecule has 0 saturated carbocycles. The van der Waals surface area contributed by atoms with Gasteiger partial charge in [-0.3, -0.25) is 0 Å². The zero-order chi connectivity index (χ0) is 13.2. The molecule has 1 aliphatic heterocycles. The number of thioether (sulfide) groups is 1. The minimum atomic E-state index is 0.385. The Bertz CT molecular complexity index is 373. The van der Waals surface area contributed by atoms with Crippen molar-refractivity contribution in [1.29, 1.82) is 0 Å². The molecule has 1 N–H and O–H groups in total. The first-order valence-electron chi connectivity index (χ1n) is 6.94. The molecule has 0 saturated heterocycles. The average Bonchev–Trinajstić information content (AvgIpc) is 2.70. The van der Waals surface area contributed by atoms with Crippen molar-refractivity contribution < 1.29 is 0 Å². The second-order valence-electron chi connectivity index (χ2n) is 6.33. The lowest BCUT2D eigenvalue weighted by Crippen LogP contribution is -2.36. The van der Waals surface area contributed by atoms with E-state index in [-0.39, 0.29) is 0 Å². The van der Waals surface area contributed by atoms with Crippen LogP contribution in [-0.2, 0) is 6.42 Å². The number of fused-ring (bicyclic) bond motifs is 1. The van der Waals surface area contributed by atoms with Crippen LogP contribution in [0.3, 0.4) is 0 Å². The van der Waals surface area contributed by atoms with Gasteiger partial charge < -0.3 is 5.32 Å². The van der Waals surface area contributed by atoms with Gasteiger partial charge in [-0.15, -0.1) is 11.8 Å². The fourth-order valence-corrected chi connectivity index (χ4v) is 3.41. The predicted molar refractivity (Wildman–Crippen MR) is 81.3 cm³/mol. The summed E-state index contributed by atoms with van der Waals surface area (Å²) < 4.78 is 0. The molecule has 100 valence electrons. The van der Waals surface area contributed by atoms with Gasteiger partial charge in [0.25, 0.3) is 0 Å². The highest BCUT2D eigenvalue weighted by molar-refractivity contribution is 8.00. The fraction of sp³-hybridized carbons (Fsp3) is 0.625. The second-order valence-corrected chi connectivity index (χ2v) is 7.67. The van der Waals surface area contributed by atoms with Crippen LogP contribution in [0.4, 0.5) is 0 Å². The van der Waals surface area contributed by atoms with Crippen LogP contribution in [0.25, 0.3) is 0 Å². The van der Waals surface area contributed by atoms with Gasteiger partial charge in [-0.25, -0.2) is 0 Å². The van der Waals surface area contributed by atoms with Crippen LogP contribution in [0.5, 0.6) is 0 Å². The lowest BCUT2D eigenvalue weighted by molar-refractivity contribution is 0.239. The Morgan fingerprint density at radius 3 is 2.72 bits per heavy atom. The maximum absolute atomic E-state index is 3.66. The summed E-state index contributed by atoms with van der Waals surface area (Å²) in [5.74, 6) is 0.721. The number of hydrogen-bond donors (Lipinski definition) is 1. The first kappa shape index (κ1) is 14.0. The van der Waals surface area contributed by atoms with Gasteiger partial charge in [0.2, 0.25) is 0 Å². The fourth-order valence-electron chi connectivity index (χ4n) is 2.13. The van der Waals surface area contributed by atoms with Gasteiger partial charge in [0.05, 0.1) is 0 Å². The topological polar surface area (TPSA) is 12.0 Å². The third-order valence-electron chi connectivity index (χ3n) is 4.23. The predicted octanol–water partition coefficient (Wildman–Crippen LogP) is 3.98. The molecule has 1 aromatic carbocycles. The molecule has 18 heavy (non-hydrogen) atoms. The van der Waals surface area contributed by atoms with Gasteiger partial charge in [-0.05, 0) is 29.4 Å². The molecule has 0 fully saturated rings. The number of nitrogens with one attached hydrogen (secondary N) is 1. The van der Waals surface area contributed by atoms with Crippen molar-refractivity contribution in [2.24, 2.45) is 11.3 Å². The van der Waals surface area contributed by atoms with Crippen LogP contribution in [0.15, 0.2) is 29.2 Å². The van der Waals surface area contributed by atoms with E-state index in [1.54, 1.807) is 0 Å². The van der Waals surface area contributed by atoms with Crippen molar-refractivity contribution >= 4 is 11.8 Å². The zero-order valence-corrected chi connectivity index (χ0v) is 12.8. The first-order chi connectivity index (χ1) is 8.49. The summed E-state index contributed by atoms with van der Waals surface area (Å²) >= 11 is 2.03. The molecule has 2 rings (SSSR count). The summed E-state index contributed by atoms with van der Waals surface area (Å²) in [6.07, 6.45) is 1.22. The molecule has 1 atom stereocenters. The molecule has 0 aliphatic carbocycles. The first-order valence-corrected chi connectivity index (χ1v) is 7.82. The van der Waals surface area contributed by atoms with E-state index in [2.05, 4.69) is 57.3 Å². The molecule has 1 nitrogen and oxygen atoms in total. The summed E-state index contributed by atoms with van der Waals surface area (Å²) in [5.41, 5.74) is 1.91. The number of hydrogen-bond acceptors (Lipinski definition) is 2. The highest BCUT2D eigenvalue weighted by Gasteiger charge is 2.24. The highest BCUT2D eigenvalue weighted by Crippen LogP contribution is 2.36. The maximum Gasteiger partial charge on any atom is 0.0260 e. The quantitative estimate of drug-likeness (QED) is 0.862. The molecule has 0 spiro atoms. The molecular weight excluding hydrogens is 238 g/mol. The van der Waals surface area contributed by atoms with E-state index < -0.39 is 0 Å². The molecule has 1 heterocycles. The molecular formula is C16H25NS. The van der Waals surface area contributed by atoms with E-state index in [4.69, 9.17) is 0 Å². The van der Waals surface area contributed by atoms with Crippen molar-refractivity contribution in [2.75, 3.05) is 13.1 Å². The van der Waals surface area contributed by atoms with Crippen molar-refractivity contribution in [3.63, 3.8) is 0 Å². The summed E-state index contributed by atoms with van der Waals surface area (Å²) in [5, 5.41) is 4.38. The maximum atomic E-state index is 3.66. The van der Waals surface area contributed by atoms with E-state index in [0.717, 1.165) is 19.0 Å². The van der Waals surface area contributed by atoms with E-state index in [9.17, 15) is 0 Å². The monoisotopic (exact) mass is 263 g/mol. The Morgan fingerprint density at radius 2 is 2.06 bits per heavy atom. The van der Waals surface area contributed by atoms with Crippen LogP contribution in [0, 0.1) is 11.3 Å². The minimum Gasteiger partial charge on any atom is -0.315 e. The third kappa shape index (κ3) is 3.30. The van der Waals surface area contributed by atoms with Gasteiger partial charge in [-0.1, -0.05) is 45.9 Å². The van der Waals surface area contributed by atoms with Crippen LogP contribution < -0.4 is 5.32 Å². The van der Waals surface area contributed by atoms with Gasteiger partial charge in [-0.2, -0.15) is 0 Å².